The summed E-state index contributed by atoms with van der Waals surface area (Å²) in [5.74, 6) is 0.657. The van der Waals surface area contributed by atoms with Gasteiger partial charge in [-0.15, -0.1) is 12.4 Å². The summed E-state index contributed by atoms with van der Waals surface area (Å²) >= 11 is 0. The van der Waals surface area contributed by atoms with Gasteiger partial charge in [-0.25, -0.2) is 4.98 Å². The molecule has 1 aromatic carbocycles. The molecule has 0 saturated carbocycles. The molecule has 3 rings (SSSR count). The lowest BCUT2D eigenvalue weighted by molar-refractivity contribution is 0.0276. The Labute approximate surface area is 133 Å². The van der Waals surface area contributed by atoms with Crippen LogP contribution in [0, 0.1) is 0 Å². The van der Waals surface area contributed by atoms with Gasteiger partial charge in [-0.1, -0.05) is 12.1 Å². The summed E-state index contributed by atoms with van der Waals surface area (Å²) in [7, 11) is 0. The summed E-state index contributed by atoms with van der Waals surface area (Å²) in [6.07, 6.45) is 1.25. The van der Waals surface area contributed by atoms with Crippen LogP contribution in [0.25, 0.3) is 0 Å². The number of nitrogens with two attached hydrogens (primary N) is 1. The quantitative estimate of drug-likeness (QED) is 0.784. The maximum atomic E-state index is 11.4. The van der Waals surface area contributed by atoms with Crippen LogP contribution in [0.15, 0.2) is 35.4 Å². The second-order valence-electron chi connectivity index (χ2n) is 4.69. The normalized spacial score (nSPS) is 17.5. The standard InChI is InChI=1S/C14H16N4O3.ClH/c15-12-13(19)17-8-18-14(12)21-10-3-1-2-9(6-10)11-7-16-4-5-20-11;/h1-3,6,8,11,16H,4-5,7,15H2,(H,17,18,19);1H. The number of nitrogens with one attached hydrogen (secondary N) is 2. The van der Waals surface area contributed by atoms with Crippen molar-refractivity contribution in [1.82, 2.24) is 15.3 Å². The van der Waals surface area contributed by atoms with Gasteiger partial charge in [-0.2, -0.15) is 0 Å². The summed E-state index contributed by atoms with van der Waals surface area (Å²) in [6.45, 7) is 2.30. The van der Waals surface area contributed by atoms with Gasteiger partial charge in [0.1, 0.15) is 5.75 Å². The zero-order valence-corrected chi connectivity index (χ0v) is 12.6. The van der Waals surface area contributed by atoms with E-state index in [0.29, 0.717) is 12.4 Å². The van der Waals surface area contributed by atoms with Crippen LogP contribution in [0.2, 0.25) is 0 Å². The van der Waals surface area contributed by atoms with Crippen molar-refractivity contribution >= 4 is 18.1 Å². The number of halogens is 1. The Morgan fingerprint density at radius 3 is 3.05 bits per heavy atom. The Kier molecular flexibility index (Phi) is 5.37. The first-order valence-electron chi connectivity index (χ1n) is 6.67. The topological polar surface area (TPSA) is 102 Å². The van der Waals surface area contributed by atoms with Crippen molar-refractivity contribution in [3.05, 3.63) is 46.5 Å². The van der Waals surface area contributed by atoms with E-state index < -0.39 is 5.56 Å². The van der Waals surface area contributed by atoms with Gasteiger partial charge in [0.15, 0.2) is 5.69 Å². The third-order valence-corrected chi connectivity index (χ3v) is 3.22. The van der Waals surface area contributed by atoms with Gasteiger partial charge in [-0.3, -0.25) is 4.79 Å². The Bertz CT molecular complexity index is 686. The molecule has 118 valence electrons. The van der Waals surface area contributed by atoms with Crippen molar-refractivity contribution in [2.45, 2.75) is 6.10 Å². The van der Waals surface area contributed by atoms with Gasteiger partial charge in [-0.05, 0) is 17.7 Å². The smallest absolute Gasteiger partial charge is 0.277 e. The summed E-state index contributed by atoms with van der Waals surface area (Å²) in [6, 6.07) is 7.48. The molecule has 8 heteroatoms. The van der Waals surface area contributed by atoms with Crippen LogP contribution in [0.3, 0.4) is 0 Å². The molecule has 1 aliphatic heterocycles. The van der Waals surface area contributed by atoms with E-state index in [9.17, 15) is 4.79 Å². The van der Waals surface area contributed by atoms with E-state index in [1.165, 1.54) is 6.33 Å². The highest BCUT2D eigenvalue weighted by atomic mass is 35.5. The third-order valence-electron chi connectivity index (χ3n) is 3.22. The van der Waals surface area contributed by atoms with Crippen LogP contribution in [0.4, 0.5) is 5.69 Å². The molecule has 0 bridgehead atoms. The van der Waals surface area contributed by atoms with E-state index in [2.05, 4.69) is 15.3 Å². The maximum absolute atomic E-state index is 11.4. The molecule has 1 unspecified atom stereocenters. The van der Waals surface area contributed by atoms with Crippen LogP contribution >= 0.6 is 12.4 Å². The van der Waals surface area contributed by atoms with E-state index in [1.54, 1.807) is 6.07 Å². The van der Waals surface area contributed by atoms with Gasteiger partial charge in [0, 0.05) is 13.1 Å². The molecule has 2 heterocycles. The van der Waals surface area contributed by atoms with Crippen LogP contribution in [0.1, 0.15) is 11.7 Å². The van der Waals surface area contributed by atoms with Crippen LogP contribution in [-0.4, -0.2) is 29.7 Å². The summed E-state index contributed by atoms with van der Waals surface area (Å²) in [5, 5.41) is 3.28. The lowest BCUT2D eigenvalue weighted by Gasteiger charge is -2.24. The minimum absolute atomic E-state index is 0. The van der Waals surface area contributed by atoms with Gasteiger partial charge in [0.25, 0.3) is 5.56 Å². The third kappa shape index (κ3) is 3.56. The number of nitrogens with zero attached hydrogens (tertiary/aromatic N) is 1. The van der Waals surface area contributed by atoms with Crippen LogP contribution < -0.4 is 21.3 Å². The van der Waals surface area contributed by atoms with E-state index in [-0.39, 0.29) is 30.1 Å². The fourth-order valence-electron chi connectivity index (χ4n) is 2.14. The average molecular weight is 325 g/mol. The molecule has 1 aromatic heterocycles. The number of aromatic amines is 1. The Hall–Kier alpha value is -2.09. The number of rotatable bonds is 3. The molecule has 0 spiro atoms. The predicted octanol–water partition coefficient (Wildman–Crippen LogP) is 1.23. The molecule has 7 nitrogen and oxygen atoms in total. The number of aromatic nitrogens is 2. The number of ether oxygens (including phenoxy) is 2. The van der Waals surface area contributed by atoms with E-state index in [4.69, 9.17) is 15.2 Å². The molecule has 1 fully saturated rings. The second kappa shape index (κ2) is 7.26. The first kappa shape index (κ1) is 16.3. The molecular weight excluding hydrogens is 308 g/mol. The first-order valence-corrected chi connectivity index (χ1v) is 6.67. The molecule has 1 aliphatic rings. The van der Waals surface area contributed by atoms with Crippen molar-refractivity contribution in [2.24, 2.45) is 0 Å². The lowest BCUT2D eigenvalue weighted by atomic mass is 10.1. The summed E-state index contributed by atoms with van der Waals surface area (Å²) in [5.41, 5.74) is 6.18. The molecule has 2 aromatic rings. The molecule has 1 saturated heterocycles. The van der Waals surface area contributed by atoms with Gasteiger partial charge in [0.05, 0.1) is 19.0 Å². The van der Waals surface area contributed by atoms with Gasteiger partial charge in [0.2, 0.25) is 5.88 Å². The molecule has 0 aliphatic carbocycles. The molecule has 1 atom stereocenters. The Morgan fingerprint density at radius 2 is 2.27 bits per heavy atom. The first-order chi connectivity index (χ1) is 10.2. The molecule has 22 heavy (non-hydrogen) atoms. The number of benzene rings is 1. The van der Waals surface area contributed by atoms with Crippen LogP contribution in [-0.2, 0) is 4.74 Å². The zero-order valence-electron chi connectivity index (χ0n) is 11.7. The van der Waals surface area contributed by atoms with Crippen molar-refractivity contribution < 1.29 is 9.47 Å². The molecule has 0 amide bonds. The molecular formula is C14H17ClN4O3. The number of morpholine rings is 1. The number of H-pyrrole nitrogens is 1. The molecule has 0 radical (unpaired) electrons. The largest absolute Gasteiger partial charge is 0.437 e. The Morgan fingerprint density at radius 1 is 1.41 bits per heavy atom. The highest BCUT2D eigenvalue weighted by Gasteiger charge is 2.16. The van der Waals surface area contributed by atoms with Crippen molar-refractivity contribution in [2.75, 3.05) is 25.4 Å². The van der Waals surface area contributed by atoms with E-state index in [0.717, 1.165) is 18.7 Å². The zero-order chi connectivity index (χ0) is 14.7. The Balaban J connectivity index is 0.00000176. The second-order valence-corrected chi connectivity index (χ2v) is 4.69. The van der Waals surface area contributed by atoms with Crippen molar-refractivity contribution in [1.29, 1.82) is 0 Å². The number of nitrogen functional groups attached to an aromatic ring is 1. The minimum Gasteiger partial charge on any atom is -0.437 e. The minimum atomic E-state index is -0.420. The van der Waals surface area contributed by atoms with Crippen LogP contribution in [0.5, 0.6) is 11.6 Å². The molecule has 4 N–H and O–H groups in total. The average Bonchev–Trinajstić information content (AvgIpc) is 2.53. The van der Waals surface area contributed by atoms with Gasteiger partial charge < -0.3 is 25.5 Å². The monoisotopic (exact) mass is 324 g/mol. The van der Waals surface area contributed by atoms with Crippen molar-refractivity contribution in [3.63, 3.8) is 0 Å². The van der Waals surface area contributed by atoms with Gasteiger partial charge >= 0.3 is 0 Å². The lowest BCUT2D eigenvalue weighted by Crippen LogP contribution is -2.33. The highest BCUT2D eigenvalue weighted by molar-refractivity contribution is 5.85. The van der Waals surface area contributed by atoms with Crippen molar-refractivity contribution in [3.8, 4) is 11.6 Å². The number of anilines is 1. The van der Waals surface area contributed by atoms with E-state index in [1.807, 2.05) is 18.2 Å². The fourth-order valence-corrected chi connectivity index (χ4v) is 2.14. The van der Waals surface area contributed by atoms with E-state index >= 15 is 0 Å². The number of hydrogen-bond acceptors (Lipinski definition) is 6. The number of hydrogen-bond donors (Lipinski definition) is 3. The SMILES string of the molecule is Cl.Nc1c(Oc2cccc(C3CNCCO3)c2)nc[nH]c1=O. The predicted molar refractivity (Wildman–Crippen MR) is 84.6 cm³/mol. The summed E-state index contributed by atoms with van der Waals surface area (Å²) < 4.78 is 11.3. The summed E-state index contributed by atoms with van der Waals surface area (Å²) in [4.78, 5) is 17.7. The maximum Gasteiger partial charge on any atom is 0.277 e. The fraction of sp³-hybridized carbons (Fsp3) is 0.286. The highest BCUT2D eigenvalue weighted by Crippen LogP contribution is 2.26.